The molecule has 1 rings (SSSR count). The molecule has 0 aromatic carbocycles. The highest BCUT2D eigenvalue weighted by Crippen LogP contribution is 2.38. The smallest absolute Gasteiger partial charge is 0.0610 e. The molecule has 0 bridgehead atoms. The van der Waals surface area contributed by atoms with Crippen LogP contribution in [-0.2, 0) is 4.74 Å². The van der Waals surface area contributed by atoms with Crippen LogP contribution in [0, 0.1) is 17.8 Å². The minimum Gasteiger partial charge on any atom is -0.374 e. The second-order valence-electron chi connectivity index (χ2n) is 5.18. The summed E-state index contributed by atoms with van der Waals surface area (Å²) in [7, 11) is 0. The van der Waals surface area contributed by atoms with E-state index in [9.17, 15) is 0 Å². The molecule has 84 valence electrons. The van der Waals surface area contributed by atoms with Crippen LogP contribution in [0.5, 0.6) is 0 Å². The van der Waals surface area contributed by atoms with Crippen LogP contribution in [0.4, 0.5) is 0 Å². The summed E-state index contributed by atoms with van der Waals surface area (Å²) in [6, 6.07) is 0. The Hall–Kier alpha value is -0.0400. The monoisotopic (exact) mass is 198 g/mol. The van der Waals surface area contributed by atoms with E-state index in [1.54, 1.807) is 0 Å². The van der Waals surface area contributed by atoms with E-state index in [0.717, 1.165) is 17.8 Å². The quantitative estimate of drug-likeness (QED) is 0.666. The largest absolute Gasteiger partial charge is 0.374 e. The number of hydrogen-bond donors (Lipinski definition) is 0. The van der Waals surface area contributed by atoms with Crippen molar-refractivity contribution in [2.45, 2.75) is 66.1 Å². The molecule has 1 heteroatoms. The summed E-state index contributed by atoms with van der Waals surface area (Å²) in [5.41, 5.74) is 0. The van der Waals surface area contributed by atoms with Gasteiger partial charge in [0, 0.05) is 0 Å². The zero-order chi connectivity index (χ0) is 10.7. The zero-order valence-corrected chi connectivity index (χ0v) is 10.4. The second-order valence-corrected chi connectivity index (χ2v) is 5.18. The summed E-state index contributed by atoms with van der Waals surface area (Å²) in [5.74, 6) is 2.31. The molecule has 0 saturated carbocycles. The standard InChI is InChI=1S/C13H26O/c1-6-11-10(5)13(8-9(3)4)14-12(11)7-2/h9-13H,6-8H2,1-5H3. The lowest BCUT2D eigenvalue weighted by molar-refractivity contribution is 0.0170. The number of rotatable bonds is 4. The molecule has 0 radical (unpaired) electrons. The fourth-order valence-electron chi connectivity index (χ4n) is 2.83. The Morgan fingerprint density at radius 1 is 1.07 bits per heavy atom. The van der Waals surface area contributed by atoms with Gasteiger partial charge >= 0.3 is 0 Å². The van der Waals surface area contributed by atoms with E-state index in [1.165, 1.54) is 19.3 Å². The van der Waals surface area contributed by atoms with Gasteiger partial charge in [-0.25, -0.2) is 0 Å². The summed E-state index contributed by atoms with van der Waals surface area (Å²) in [6.07, 6.45) is 4.73. The first kappa shape index (κ1) is 12.0. The van der Waals surface area contributed by atoms with E-state index in [-0.39, 0.29) is 0 Å². The second kappa shape index (κ2) is 5.16. The molecule has 4 unspecified atom stereocenters. The van der Waals surface area contributed by atoms with Gasteiger partial charge in [-0.2, -0.15) is 0 Å². The predicted molar refractivity (Wildman–Crippen MR) is 61.4 cm³/mol. The van der Waals surface area contributed by atoms with Crippen molar-refractivity contribution >= 4 is 0 Å². The lowest BCUT2D eigenvalue weighted by Crippen LogP contribution is -2.19. The van der Waals surface area contributed by atoms with Gasteiger partial charge in [-0.05, 0) is 30.6 Å². The maximum absolute atomic E-state index is 6.14. The zero-order valence-electron chi connectivity index (χ0n) is 10.4. The Morgan fingerprint density at radius 3 is 2.07 bits per heavy atom. The average molecular weight is 198 g/mol. The van der Waals surface area contributed by atoms with Gasteiger partial charge in [-0.15, -0.1) is 0 Å². The Balaban J connectivity index is 2.56. The molecular weight excluding hydrogens is 172 g/mol. The van der Waals surface area contributed by atoms with Crippen LogP contribution in [-0.4, -0.2) is 12.2 Å². The predicted octanol–water partition coefficient (Wildman–Crippen LogP) is 3.87. The van der Waals surface area contributed by atoms with Crippen molar-refractivity contribution in [3.05, 3.63) is 0 Å². The van der Waals surface area contributed by atoms with Gasteiger partial charge in [0.1, 0.15) is 0 Å². The molecule has 1 aliphatic rings. The van der Waals surface area contributed by atoms with Gasteiger partial charge in [0.05, 0.1) is 12.2 Å². The van der Waals surface area contributed by atoms with Gasteiger partial charge in [0.2, 0.25) is 0 Å². The Kier molecular flexibility index (Phi) is 4.43. The third-order valence-corrected chi connectivity index (χ3v) is 3.67. The third-order valence-electron chi connectivity index (χ3n) is 3.67. The average Bonchev–Trinajstić information content (AvgIpc) is 2.42. The molecule has 4 atom stereocenters. The molecule has 0 amide bonds. The number of ether oxygens (including phenoxy) is 1. The molecule has 0 aliphatic carbocycles. The molecule has 0 aromatic heterocycles. The molecule has 0 aromatic rings. The van der Waals surface area contributed by atoms with Crippen LogP contribution in [0.2, 0.25) is 0 Å². The van der Waals surface area contributed by atoms with Crippen molar-refractivity contribution in [2.75, 3.05) is 0 Å². The van der Waals surface area contributed by atoms with Crippen molar-refractivity contribution in [3.8, 4) is 0 Å². The fraction of sp³-hybridized carbons (Fsp3) is 1.00. The van der Waals surface area contributed by atoms with Crippen molar-refractivity contribution < 1.29 is 4.74 Å². The van der Waals surface area contributed by atoms with E-state index in [0.29, 0.717) is 12.2 Å². The molecule has 0 N–H and O–H groups in total. The topological polar surface area (TPSA) is 9.23 Å². The van der Waals surface area contributed by atoms with Gasteiger partial charge in [0.25, 0.3) is 0 Å². The first-order chi connectivity index (χ1) is 6.60. The van der Waals surface area contributed by atoms with Crippen molar-refractivity contribution in [1.29, 1.82) is 0 Å². The lowest BCUT2D eigenvalue weighted by Gasteiger charge is -2.19. The normalized spacial score (nSPS) is 38.1. The first-order valence-corrected chi connectivity index (χ1v) is 6.25. The molecule has 1 heterocycles. The molecular formula is C13H26O. The molecule has 0 spiro atoms. The maximum atomic E-state index is 6.14. The van der Waals surface area contributed by atoms with Crippen LogP contribution in [0.3, 0.4) is 0 Å². The highest BCUT2D eigenvalue weighted by Gasteiger charge is 2.39. The summed E-state index contributed by atoms with van der Waals surface area (Å²) >= 11 is 0. The molecule has 1 fully saturated rings. The van der Waals surface area contributed by atoms with Gasteiger partial charge in [-0.1, -0.05) is 41.0 Å². The first-order valence-electron chi connectivity index (χ1n) is 6.25. The third kappa shape index (κ3) is 2.50. The van der Waals surface area contributed by atoms with E-state index >= 15 is 0 Å². The Bertz CT molecular complexity index is 165. The minimum absolute atomic E-state index is 0.518. The SMILES string of the molecule is CCC1OC(CC(C)C)C(C)C1CC. The summed E-state index contributed by atoms with van der Waals surface area (Å²) in [4.78, 5) is 0. The van der Waals surface area contributed by atoms with Crippen LogP contribution in [0.15, 0.2) is 0 Å². The van der Waals surface area contributed by atoms with Crippen molar-refractivity contribution in [2.24, 2.45) is 17.8 Å². The summed E-state index contributed by atoms with van der Waals surface area (Å²) < 4.78 is 6.14. The van der Waals surface area contributed by atoms with Crippen LogP contribution in [0.1, 0.15) is 53.9 Å². The minimum atomic E-state index is 0.518. The lowest BCUT2D eigenvalue weighted by atomic mass is 9.83. The van der Waals surface area contributed by atoms with Gasteiger partial charge < -0.3 is 4.74 Å². The molecule has 1 saturated heterocycles. The van der Waals surface area contributed by atoms with Crippen LogP contribution >= 0.6 is 0 Å². The Labute approximate surface area is 89.2 Å². The van der Waals surface area contributed by atoms with E-state index in [2.05, 4.69) is 34.6 Å². The summed E-state index contributed by atoms with van der Waals surface area (Å²) in [5, 5.41) is 0. The van der Waals surface area contributed by atoms with Crippen molar-refractivity contribution in [3.63, 3.8) is 0 Å². The van der Waals surface area contributed by atoms with Gasteiger partial charge in [0.15, 0.2) is 0 Å². The Morgan fingerprint density at radius 2 is 1.71 bits per heavy atom. The van der Waals surface area contributed by atoms with E-state index in [4.69, 9.17) is 4.74 Å². The highest BCUT2D eigenvalue weighted by atomic mass is 16.5. The maximum Gasteiger partial charge on any atom is 0.0610 e. The molecule has 1 aliphatic heterocycles. The van der Waals surface area contributed by atoms with Crippen LogP contribution in [0.25, 0.3) is 0 Å². The van der Waals surface area contributed by atoms with Crippen LogP contribution < -0.4 is 0 Å². The number of hydrogen-bond acceptors (Lipinski definition) is 1. The van der Waals surface area contributed by atoms with Crippen molar-refractivity contribution in [1.82, 2.24) is 0 Å². The molecule has 1 nitrogen and oxygen atoms in total. The van der Waals surface area contributed by atoms with E-state index in [1.807, 2.05) is 0 Å². The fourth-order valence-corrected chi connectivity index (χ4v) is 2.83. The summed E-state index contributed by atoms with van der Waals surface area (Å²) in [6.45, 7) is 11.5. The van der Waals surface area contributed by atoms with E-state index < -0.39 is 0 Å². The molecule has 14 heavy (non-hydrogen) atoms. The van der Waals surface area contributed by atoms with Gasteiger partial charge in [-0.3, -0.25) is 0 Å². The highest BCUT2D eigenvalue weighted by molar-refractivity contribution is 4.87.